The summed E-state index contributed by atoms with van der Waals surface area (Å²) in [5.74, 6) is -0.249. The number of H-pyrrole nitrogens is 1. The Morgan fingerprint density at radius 2 is 2.11 bits per heavy atom. The molecule has 3 heterocycles. The van der Waals surface area contributed by atoms with E-state index < -0.39 is 4.92 Å². The molecule has 8 nitrogen and oxygen atoms in total. The number of piperidine rings is 1. The molecule has 3 aromatic rings. The van der Waals surface area contributed by atoms with Gasteiger partial charge in [-0.2, -0.15) is 0 Å². The summed E-state index contributed by atoms with van der Waals surface area (Å²) in [4.78, 5) is 29.1. The second-order valence-electron chi connectivity index (χ2n) is 6.54. The van der Waals surface area contributed by atoms with Gasteiger partial charge in [-0.25, -0.2) is 4.98 Å². The summed E-state index contributed by atoms with van der Waals surface area (Å²) in [6.45, 7) is 1.16. The van der Waals surface area contributed by atoms with Crippen LogP contribution in [-0.4, -0.2) is 44.0 Å². The van der Waals surface area contributed by atoms with E-state index in [9.17, 15) is 14.9 Å². The quantitative estimate of drug-likeness (QED) is 0.462. The molecule has 2 aromatic heterocycles. The lowest BCUT2D eigenvalue weighted by Gasteiger charge is -2.30. The molecule has 0 saturated carbocycles. The lowest BCUT2D eigenvalue weighted by molar-refractivity contribution is -0.389. The van der Waals surface area contributed by atoms with Crippen molar-refractivity contribution in [3.05, 3.63) is 61.0 Å². The number of nitrogens with zero attached hydrogens (tertiary/aromatic N) is 4. The summed E-state index contributed by atoms with van der Waals surface area (Å²) >= 11 is 5.13. The van der Waals surface area contributed by atoms with Gasteiger partial charge in [-0.05, 0) is 29.9 Å². The minimum absolute atomic E-state index is 0.0799. The number of nitrogens with one attached hydrogen (secondary N) is 1. The molecule has 0 radical (unpaired) electrons. The van der Waals surface area contributed by atoms with Crippen LogP contribution in [0.1, 0.15) is 34.3 Å². The molecule has 1 fully saturated rings. The number of aromatic nitrogens is 3. The van der Waals surface area contributed by atoms with Crippen molar-refractivity contribution in [2.75, 3.05) is 13.1 Å². The number of aromatic amines is 1. The molecule has 144 valence electrons. The summed E-state index contributed by atoms with van der Waals surface area (Å²) in [7, 11) is 0. The molecule has 0 atom stereocenters. The first-order valence-corrected chi connectivity index (χ1v) is 10.4. The highest BCUT2D eigenvalue weighted by Crippen LogP contribution is 2.33. The van der Waals surface area contributed by atoms with Crippen molar-refractivity contribution in [2.24, 2.45) is 0 Å². The largest absolute Gasteiger partial charge is 0.358 e. The Morgan fingerprint density at radius 3 is 2.79 bits per heavy atom. The van der Waals surface area contributed by atoms with Gasteiger partial charge in [0.2, 0.25) is 0 Å². The molecule has 1 amide bonds. The normalized spacial score (nSPS) is 15.0. The first kappa shape index (κ1) is 18.8. The topological polar surface area (TPSA) is 105 Å². The minimum atomic E-state index is -0.596. The van der Waals surface area contributed by atoms with Crippen molar-refractivity contribution < 1.29 is 9.72 Å². The number of hydrogen-bond donors (Lipinski definition) is 1. The van der Waals surface area contributed by atoms with Gasteiger partial charge in [0.25, 0.3) is 5.91 Å². The molecule has 1 N–H and O–H groups in total. The van der Waals surface area contributed by atoms with E-state index >= 15 is 0 Å². The molecule has 1 aromatic carbocycles. The molecule has 1 aliphatic heterocycles. The van der Waals surface area contributed by atoms with E-state index in [1.807, 2.05) is 24.3 Å². The third kappa shape index (κ3) is 3.83. The van der Waals surface area contributed by atoms with Gasteiger partial charge in [-0.1, -0.05) is 33.2 Å². The number of carbonyl (C=O) groups is 1. The number of likely N-dealkylation sites (tertiary alicyclic amines) is 1. The van der Waals surface area contributed by atoms with Crippen molar-refractivity contribution in [3.63, 3.8) is 0 Å². The van der Waals surface area contributed by atoms with Gasteiger partial charge in [-0.15, -0.1) is 16.4 Å². The van der Waals surface area contributed by atoms with Crippen LogP contribution in [0, 0.1) is 10.1 Å². The van der Waals surface area contributed by atoms with Crippen LogP contribution in [0.4, 0.5) is 5.82 Å². The number of carbonyl (C=O) groups excluding carboxylic acids is 1. The van der Waals surface area contributed by atoms with Crippen molar-refractivity contribution in [1.29, 1.82) is 0 Å². The number of hydrogen-bond acceptors (Lipinski definition) is 6. The van der Waals surface area contributed by atoms with Gasteiger partial charge in [0.1, 0.15) is 0 Å². The number of thiazole rings is 1. The summed E-state index contributed by atoms with van der Waals surface area (Å²) in [6, 6.07) is 9.23. The van der Waals surface area contributed by atoms with Crippen LogP contribution in [0.3, 0.4) is 0 Å². The van der Waals surface area contributed by atoms with Crippen LogP contribution < -0.4 is 0 Å². The summed E-state index contributed by atoms with van der Waals surface area (Å²) < 4.78 is 1.02. The average Bonchev–Trinajstić information content (AvgIpc) is 3.38. The highest BCUT2D eigenvalue weighted by atomic mass is 79.9. The fourth-order valence-electron chi connectivity index (χ4n) is 3.26. The van der Waals surface area contributed by atoms with Crippen molar-refractivity contribution >= 4 is 39.0 Å². The van der Waals surface area contributed by atoms with Crippen LogP contribution >= 0.6 is 27.3 Å². The molecule has 0 spiro atoms. The fourth-order valence-corrected chi connectivity index (χ4v) is 4.66. The van der Waals surface area contributed by atoms with Crippen molar-refractivity contribution in [3.8, 4) is 11.3 Å². The zero-order valence-corrected chi connectivity index (χ0v) is 17.1. The first-order valence-electron chi connectivity index (χ1n) is 8.71. The monoisotopic (exact) mass is 461 g/mol. The van der Waals surface area contributed by atoms with Crippen LogP contribution in [-0.2, 0) is 0 Å². The van der Waals surface area contributed by atoms with E-state index in [2.05, 4.69) is 31.5 Å². The maximum absolute atomic E-state index is 12.5. The smallest absolute Gasteiger partial charge is 0.343 e. The summed E-state index contributed by atoms with van der Waals surface area (Å²) in [5.41, 5.74) is 2.12. The highest BCUT2D eigenvalue weighted by Gasteiger charge is 2.28. The van der Waals surface area contributed by atoms with Crippen LogP contribution in [0.5, 0.6) is 0 Å². The Labute approximate surface area is 172 Å². The Morgan fingerprint density at radius 1 is 1.32 bits per heavy atom. The molecule has 1 saturated heterocycles. The molecular formula is C18H16BrN5O3S. The third-order valence-electron chi connectivity index (χ3n) is 4.75. The number of benzene rings is 1. The minimum Gasteiger partial charge on any atom is -0.358 e. The van der Waals surface area contributed by atoms with E-state index in [0.717, 1.165) is 33.6 Å². The number of nitro groups is 1. The Hall–Kier alpha value is -2.59. The molecule has 1 aliphatic rings. The van der Waals surface area contributed by atoms with Crippen LogP contribution in [0.25, 0.3) is 11.3 Å². The predicted octanol–water partition coefficient (Wildman–Crippen LogP) is 4.22. The highest BCUT2D eigenvalue weighted by molar-refractivity contribution is 9.10. The van der Waals surface area contributed by atoms with E-state index in [1.54, 1.807) is 16.2 Å². The second kappa shape index (κ2) is 7.80. The Balaban J connectivity index is 1.40. The molecule has 0 aliphatic carbocycles. The zero-order valence-electron chi connectivity index (χ0n) is 14.7. The fraction of sp³-hybridized carbons (Fsp3) is 0.278. The van der Waals surface area contributed by atoms with Crippen molar-refractivity contribution in [1.82, 2.24) is 20.1 Å². The van der Waals surface area contributed by atoms with E-state index in [4.69, 9.17) is 4.98 Å². The SMILES string of the molecule is O=C(c1cc([N+](=O)[O-])[nH]n1)N1CCC(c2nc(-c3cccc(Br)c3)cs2)CC1. The summed E-state index contributed by atoms with van der Waals surface area (Å²) in [6.07, 6.45) is 1.62. The van der Waals surface area contributed by atoms with Gasteiger partial charge in [0.15, 0.2) is 5.69 Å². The Bertz CT molecular complexity index is 1030. The van der Waals surface area contributed by atoms with E-state index in [0.29, 0.717) is 19.0 Å². The van der Waals surface area contributed by atoms with Gasteiger partial charge in [0.05, 0.1) is 16.8 Å². The molecule has 28 heavy (non-hydrogen) atoms. The molecule has 10 heteroatoms. The standard InChI is InChI=1S/C18H16BrN5O3S/c19-13-3-1-2-12(8-13)15-10-28-17(20-15)11-4-6-23(7-5-11)18(25)14-9-16(22-21-14)24(26)27/h1-3,8-11H,4-7H2,(H,21,22). The van der Waals surface area contributed by atoms with Gasteiger partial charge < -0.3 is 15.0 Å². The van der Waals surface area contributed by atoms with Gasteiger partial charge >= 0.3 is 5.82 Å². The summed E-state index contributed by atoms with van der Waals surface area (Å²) in [5, 5.41) is 19.9. The van der Waals surface area contributed by atoms with Gasteiger partial charge in [-0.3, -0.25) is 4.79 Å². The Kier molecular flexibility index (Phi) is 5.23. The molecule has 4 rings (SSSR count). The van der Waals surface area contributed by atoms with Crippen LogP contribution in [0.2, 0.25) is 0 Å². The van der Waals surface area contributed by atoms with Crippen molar-refractivity contribution in [2.45, 2.75) is 18.8 Å². The lowest BCUT2D eigenvalue weighted by atomic mass is 9.97. The number of halogens is 1. The third-order valence-corrected chi connectivity index (χ3v) is 6.25. The lowest BCUT2D eigenvalue weighted by Crippen LogP contribution is -2.38. The van der Waals surface area contributed by atoms with Gasteiger partial charge in [0, 0.05) is 34.4 Å². The zero-order chi connectivity index (χ0) is 19.7. The first-order chi connectivity index (χ1) is 13.5. The van der Waals surface area contributed by atoms with E-state index in [-0.39, 0.29) is 17.4 Å². The average molecular weight is 462 g/mol. The number of rotatable bonds is 4. The predicted molar refractivity (Wildman–Crippen MR) is 108 cm³/mol. The van der Waals surface area contributed by atoms with Crippen LogP contribution in [0.15, 0.2) is 40.2 Å². The second-order valence-corrected chi connectivity index (χ2v) is 8.35. The maximum Gasteiger partial charge on any atom is 0.343 e. The molecular weight excluding hydrogens is 446 g/mol. The number of amides is 1. The van der Waals surface area contributed by atoms with E-state index in [1.165, 1.54) is 6.07 Å². The molecule has 0 unspecified atom stereocenters. The maximum atomic E-state index is 12.5. The molecule has 0 bridgehead atoms.